The number of nitrogens with one attached hydrogen (secondary N) is 1. The van der Waals surface area contributed by atoms with E-state index in [2.05, 4.69) is 44.0 Å². The molecule has 0 spiro atoms. The van der Waals surface area contributed by atoms with Gasteiger partial charge in [0, 0.05) is 33.7 Å². The van der Waals surface area contributed by atoms with E-state index < -0.39 is 0 Å². The summed E-state index contributed by atoms with van der Waals surface area (Å²) in [6.45, 7) is 1.36. The highest BCUT2D eigenvalue weighted by Gasteiger charge is 2.08. The number of rotatable bonds is 4. The summed E-state index contributed by atoms with van der Waals surface area (Å²) < 4.78 is 16.8. The van der Waals surface area contributed by atoms with Crippen LogP contribution in [0.2, 0.25) is 0 Å². The summed E-state index contributed by atoms with van der Waals surface area (Å²) in [7, 11) is 1.94. The summed E-state index contributed by atoms with van der Waals surface area (Å²) in [6, 6.07) is 13.5. The second kappa shape index (κ2) is 6.00. The largest absolute Gasteiger partial charge is 0.343 e. The molecule has 0 atom stereocenters. The van der Waals surface area contributed by atoms with Crippen LogP contribution < -0.4 is 5.32 Å². The van der Waals surface area contributed by atoms with Crippen LogP contribution in [0.4, 0.5) is 4.39 Å². The molecule has 0 bridgehead atoms. The lowest BCUT2D eigenvalue weighted by Gasteiger charge is -2.08. The van der Waals surface area contributed by atoms with Crippen molar-refractivity contribution in [3.8, 4) is 0 Å². The zero-order valence-electron chi connectivity index (χ0n) is 11.7. The monoisotopic (exact) mass is 346 g/mol. The Balaban J connectivity index is 1.99. The Morgan fingerprint density at radius 1 is 1.14 bits per heavy atom. The molecule has 1 heterocycles. The zero-order valence-corrected chi connectivity index (χ0v) is 13.3. The molecule has 3 rings (SSSR count). The lowest BCUT2D eigenvalue weighted by atomic mass is 10.1. The fourth-order valence-electron chi connectivity index (χ4n) is 2.60. The normalized spacial score (nSPS) is 11.2. The topological polar surface area (TPSA) is 17.0 Å². The van der Waals surface area contributed by atoms with Gasteiger partial charge in [0.25, 0.3) is 0 Å². The highest BCUT2D eigenvalue weighted by molar-refractivity contribution is 9.10. The molecule has 4 heteroatoms. The number of benzene rings is 2. The second-order valence-electron chi connectivity index (χ2n) is 5.06. The quantitative estimate of drug-likeness (QED) is 0.744. The smallest absolute Gasteiger partial charge is 0.129 e. The van der Waals surface area contributed by atoms with Crippen LogP contribution in [0.1, 0.15) is 11.1 Å². The number of fused-ring (bicyclic) bond motifs is 1. The molecule has 0 saturated carbocycles. The van der Waals surface area contributed by atoms with Crippen molar-refractivity contribution in [2.24, 2.45) is 0 Å². The molecule has 0 aliphatic heterocycles. The SMILES string of the molecule is CNCc1cccc2c1ccn2Cc1ccc(Br)cc1F. The van der Waals surface area contributed by atoms with Gasteiger partial charge in [0.1, 0.15) is 5.82 Å². The van der Waals surface area contributed by atoms with Crippen LogP contribution in [0.25, 0.3) is 10.9 Å². The Hall–Kier alpha value is -1.65. The molecule has 2 nitrogen and oxygen atoms in total. The average Bonchev–Trinajstić information content (AvgIpc) is 2.87. The third-order valence-corrected chi connectivity index (χ3v) is 4.12. The van der Waals surface area contributed by atoms with Gasteiger partial charge >= 0.3 is 0 Å². The second-order valence-corrected chi connectivity index (χ2v) is 5.98. The van der Waals surface area contributed by atoms with Crippen molar-refractivity contribution in [3.63, 3.8) is 0 Å². The van der Waals surface area contributed by atoms with Crippen molar-refractivity contribution in [2.45, 2.75) is 13.1 Å². The van der Waals surface area contributed by atoms with E-state index in [0.717, 1.165) is 16.5 Å². The summed E-state index contributed by atoms with van der Waals surface area (Å²) in [5.41, 5.74) is 3.07. The number of hydrogen-bond acceptors (Lipinski definition) is 1. The zero-order chi connectivity index (χ0) is 14.8. The highest BCUT2D eigenvalue weighted by atomic mass is 79.9. The molecule has 3 aromatic rings. The maximum Gasteiger partial charge on any atom is 0.129 e. The first kappa shape index (κ1) is 14.3. The van der Waals surface area contributed by atoms with Crippen LogP contribution in [-0.2, 0) is 13.1 Å². The molecular weight excluding hydrogens is 331 g/mol. The standard InChI is InChI=1S/C17H16BrFN2/c1-20-10-12-3-2-4-17-15(12)7-8-21(17)11-13-5-6-14(18)9-16(13)19/h2-9,20H,10-11H2,1H3. The number of hydrogen-bond donors (Lipinski definition) is 1. The van der Waals surface area contributed by atoms with Crippen LogP contribution in [0.3, 0.4) is 0 Å². The predicted molar refractivity (Wildman–Crippen MR) is 87.9 cm³/mol. The van der Waals surface area contributed by atoms with Gasteiger partial charge in [0.15, 0.2) is 0 Å². The lowest BCUT2D eigenvalue weighted by Crippen LogP contribution is -2.05. The van der Waals surface area contributed by atoms with Gasteiger partial charge in [0.2, 0.25) is 0 Å². The first-order chi connectivity index (χ1) is 10.2. The van der Waals surface area contributed by atoms with E-state index in [4.69, 9.17) is 0 Å². The van der Waals surface area contributed by atoms with Gasteiger partial charge in [-0.25, -0.2) is 4.39 Å². The molecule has 0 aliphatic rings. The Labute approximate surface area is 131 Å². The maximum atomic E-state index is 14.0. The van der Waals surface area contributed by atoms with Gasteiger partial charge in [-0.1, -0.05) is 34.1 Å². The summed E-state index contributed by atoms with van der Waals surface area (Å²) in [6.07, 6.45) is 2.02. The highest BCUT2D eigenvalue weighted by Crippen LogP contribution is 2.23. The fraction of sp³-hybridized carbons (Fsp3) is 0.176. The molecule has 1 N–H and O–H groups in total. The van der Waals surface area contributed by atoms with Gasteiger partial charge < -0.3 is 9.88 Å². The van der Waals surface area contributed by atoms with Crippen molar-refractivity contribution in [2.75, 3.05) is 7.05 Å². The van der Waals surface area contributed by atoms with Crippen molar-refractivity contribution in [1.29, 1.82) is 0 Å². The lowest BCUT2D eigenvalue weighted by molar-refractivity contribution is 0.601. The van der Waals surface area contributed by atoms with Gasteiger partial charge in [0.05, 0.1) is 6.54 Å². The molecule has 0 saturated heterocycles. The van der Waals surface area contributed by atoms with Gasteiger partial charge in [-0.3, -0.25) is 0 Å². The van der Waals surface area contributed by atoms with E-state index in [1.54, 1.807) is 0 Å². The summed E-state index contributed by atoms with van der Waals surface area (Å²) in [5.74, 6) is -0.183. The number of nitrogens with zero attached hydrogens (tertiary/aromatic N) is 1. The van der Waals surface area contributed by atoms with Crippen LogP contribution >= 0.6 is 15.9 Å². The minimum absolute atomic E-state index is 0.183. The summed E-state index contributed by atoms with van der Waals surface area (Å²) in [4.78, 5) is 0. The number of halogens is 2. The minimum Gasteiger partial charge on any atom is -0.343 e. The molecule has 2 aromatic carbocycles. The van der Waals surface area contributed by atoms with Gasteiger partial charge in [-0.2, -0.15) is 0 Å². The number of aromatic nitrogens is 1. The van der Waals surface area contributed by atoms with Crippen molar-refractivity contribution >= 4 is 26.8 Å². The maximum absolute atomic E-state index is 14.0. The molecule has 0 unspecified atom stereocenters. The average molecular weight is 347 g/mol. The predicted octanol–water partition coefficient (Wildman–Crippen LogP) is 4.31. The minimum atomic E-state index is -0.183. The Kier molecular flexibility index (Phi) is 4.08. The first-order valence-electron chi connectivity index (χ1n) is 6.84. The third kappa shape index (κ3) is 2.87. The molecule has 0 aliphatic carbocycles. The van der Waals surface area contributed by atoms with E-state index >= 15 is 0 Å². The van der Waals surface area contributed by atoms with Gasteiger partial charge in [-0.15, -0.1) is 0 Å². The molecule has 0 fully saturated rings. The van der Waals surface area contributed by atoms with Crippen molar-refractivity contribution in [3.05, 3.63) is 70.1 Å². The summed E-state index contributed by atoms with van der Waals surface area (Å²) >= 11 is 3.29. The first-order valence-corrected chi connectivity index (χ1v) is 7.63. The van der Waals surface area contributed by atoms with Crippen LogP contribution in [-0.4, -0.2) is 11.6 Å². The summed E-state index contributed by atoms with van der Waals surface area (Å²) in [5, 5.41) is 4.39. The van der Waals surface area contributed by atoms with E-state index in [0.29, 0.717) is 12.1 Å². The van der Waals surface area contributed by atoms with E-state index in [1.165, 1.54) is 17.0 Å². The van der Waals surface area contributed by atoms with E-state index in [-0.39, 0.29) is 5.82 Å². The Morgan fingerprint density at radius 2 is 2.00 bits per heavy atom. The molecule has 0 radical (unpaired) electrons. The van der Waals surface area contributed by atoms with E-state index in [1.807, 2.05) is 31.4 Å². The van der Waals surface area contributed by atoms with Crippen molar-refractivity contribution < 1.29 is 4.39 Å². The third-order valence-electron chi connectivity index (χ3n) is 3.63. The molecular formula is C17H16BrFN2. The molecule has 0 amide bonds. The van der Waals surface area contributed by atoms with Crippen molar-refractivity contribution in [1.82, 2.24) is 9.88 Å². The van der Waals surface area contributed by atoms with Crippen LogP contribution in [0, 0.1) is 5.82 Å². The Morgan fingerprint density at radius 3 is 2.76 bits per heavy atom. The molecule has 1 aromatic heterocycles. The van der Waals surface area contributed by atoms with Crippen LogP contribution in [0.15, 0.2) is 53.1 Å². The van der Waals surface area contributed by atoms with Gasteiger partial charge in [-0.05, 0) is 36.9 Å². The molecule has 21 heavy (non-hydrogen) atoms. The Bertz CT molecular complexity index is 780. The fourth-order valence-corrected chi connectivity index (χ4v) is 2.94. The molecule has 108 valence electrons. The van der Waals surface area contributed by atoms with Crippen LogP contribution in [0.5, 0.6) is 0 Å². The van der Waals surface area contributed by atoms with E-state index in [9.17, 15) is 4.39 Å².